The summed E-state index contributed by atoms with van der Waals surface area (Å²) in [5.74, 6) is -0.640. The van der Waals surface area contributed by atoms with Gasteiger partial charge in [-0.3, -0.25) is 9.78 Å². The van der Waals surface area contributed by atoms with Gasteiger partial charge in [0.05, 0.1) is 17.6 Å². The SMILES string of the molecule is O=C(c1noc(-c2ccccn2)n1)c1c(Cl)n(Cc2ccc(Cl)cc2Cl)c2ccc(O)cc12. The van der Waals surface area contributed by atoms with Gasteiger partial charge in [-0.1, -0.05) is 52.1 Å². The highest BCUT2D eigenvalue weighted by Gasteiger charge is 2.27. The number of aromatic nitrogens is 4. The Kier molecular flexibility index (Phi) is 5.54. The molecule has 33 heavy (non-hydrogen) atoms. The highest BCUT2D eigenvalue weighted by atomic mass is 35.5. The zero-order valence-electron chi connectivity index (χ0n) is 16.7. The van der Waals surface area contributed by atoms with Crippen molar-refractivity contribution in [3.05, 3.63) is 92.9 Å². The molecule has 5 aromatic rings. The summed E-state index contributed by atoms with van der Waals surface area (Å²) in [6.45, 7) is 0.273. The minimum absolute atomic E-state index is 0.0165. The lowest BCUT2D eigenvalue weighted by atomic mass is 10.1. The first-order chi connectivity index (χ1) is 15.9. The number of fused-ring (bicyclic) bond motifs is 1. The first kappa shape index (κ1) is 21.5. The molecule has 0 atom stereocenters. The molecule has 0 bridgehead atoms. The number of aromatic hydroxyl groups is 1. The normalized spacial score (nSPS) is 11.2. The lowest BCUT2D eigenvalue weighted by Gasteiger charge is -2.09. The van der Waals surface area contributed by atoms with Crippen molar-refractivity contribution in [1.82, 2.24) is 19.7 Å². The third kappa shape index (κ3) is 3.95. The molecule has 0 spiro atoms. The van der Waals surface area contributed by atoms with Crippen molar-refractivity contribution in [2.45, 2.75) is 6.54 Å². The molecule has 0 amide bonds. The van der Waals surface area contributed by atoms with Crippen LogP contribution in [0.4, 0.5) is 0 Å². The molecular formula is C23H13Cl3N4O3. The maximum Gasteiger partial charge on any atom is 0.276 e. The molecule has 0 saturated heterocycles. The first-order valence-electron chi connectivity index (χ1n) is 9.67. The number of carbonyl (C=O) groups is 1. The summed E-state index contributed by atoms with van der Waals surface area (Å²) in [4.78, 5) is 21.7. The number of halogens is 3. The summed E-state index contributed by atoms with van der Waals surface area (Å²) in [6, 6.07) is 15.0. The van der Waals surface area contributed by atoms with E-state index in [1.54, 1.807) is 53.2 Å². The number of rotatable bonds is 5. The van der Waals surface area contributed by atoms with Crippen LogP contribution >= 0.6 is 34.8 Å². The zero-order valence-corrected chi connectivity index (χ0v) is 18.9. The number of benzene rings is 2. The summed E-state index contributed by atoms with van der Waals surface area (Å²) in [5, 5.41) is 15.4. The van der Waals surface area contributed by atoms with Crippen LogP contribution in [0.2, 0.25) is 15.2 Å². The van der Waals surface area contributed by atoms with Gasteiger partial charge in [-0.2, -0.15) is 4.98 Å². The van der Waals surface area contributed by atoms with E-state index in [4.69, 9.17) is 39.3 Å². The molecule has 5 rings (SSSR count). The molecule has 0 aliphatic heterocycles. The molecule has 0 radical (unpaired) electrons. The molecule has 3 aromatic heterocycles. The first-order valence-corrected chi connectivity index (χ1v) is 10.8. The number of carbonyl (C=O) groups excluding carboxylic acids is 1. The number of hydrogen-bond acceptors (Lipinski definition) is 6. The Morgan fingerprint density at radius 2 is 1.91 bits per heavy atom. The molecule has 164 valence electrons. The van der Waals surface area contributed by atoms with Crippen LogP contribution in [0.5, 0.6) is 5.75 Å². The Morgan fingerprint density at radius 3 is 2.67 bits per heavy atom. The van der Waals surface area contributed by atoms with Crippen LogP contribution in [-0.4, -0.2) is 30.6 Å². The highest BCUT2D eigenvalue weighted by molar-refractivity contribution is 6.37. The topological polar surface area (TPSA) is 94.0 Å². The lowest BCUT2D eigenvalue weighted by Crippen LogP contribution is -2.06. The van der Waals surface area contributed by atoms with E-state index in [1.165, 1.54) is 12.1 Å². The molecule has 0 fully saturated rings. The Labute approximate surface area is 202 Å². The summed E-state index contributed by atoms with van der Waals surface area (Å²) in [7, 11) is 0. The Morgan fingerprint density at radius 1 is 1.06 bits per heavy atom. The van der Waals surface area contributed by atoms with Gasteiger partial charge in [0.25, 0.3) is 5.89 Å². The van der Waals surface area contributed by atoms with Crippen molar-refractivity contribution in [2.75, 3.05) is 0 Å². The van der Waals surface area contributed by atoms with Crippen LogP contribution in [-0.2, 0) is 6.54 Å². The van der Waals surface area contributed by atoms with Gasteiger partial charge in [-0.05, 0) is 48.0 Å². The standard InChI is InChI=1S/C23H13Cl3N4O3/c24-13-5-4-12(16(25)9-13)11-30-18-7-6-14(31)10-15(18)19(21(30)26)20(32)22-28-23(33-29-22)17-3-1-2-8-27-17/h1-10,31H,11H2. The van der Waals surface area contributed by atoms with E-state index in [2.05, 4.69) is 15.1 Å². The molecular weight excluding hydrogens is 487 g/mol. The summed E-state index contributed by atoms with van der Waals surface area (Å²) >= 11 is 19.1. The second kappa shape index (κ2) is 8.51. The van der Waals surface area contributed by atoms with E-state index < -0.39 is 5.78 Å². The molecule has 0 aliphatic carbocycles. The Balaban J connectivity index is 1.61. The van der Waals surface area contributed by atoms with Gasteiger partial charge >= 0.3 is 0 Å². The van der Waals surface area contributed by atoms with Gasteiger partial charge in [0.15, 0.2) is 0 Å². The largest absolute Gasteiger partial charge is 0.508 e. The van der Waals surface area contributed by atoms with Crippen molar-refractivity contribution in [3.8, 4) is 17.3 Å². The summed E-state index contributed by atoms with van der Waals surface area (Å²) < 4.78 is 6.95. The second-order valence-electron chi connectivity index (χ2n) is 7.16. The lowest BCUT2D eigenvalue weighted by molar-refractivity contribution is 0.102. The van der Waals surface area contributed by atoms with E-state index in [0.717, 1.165) is 5.56 Å². The fourth-order valence-corrected chi connectivity index (χ4v) is 4.33. The van der Waals surface area contributed by atoms with E-state index in [9.17, 15) is 9.90 Å². The smallest absolute Gasteiger partial charge is 0.276 e. The van der Waals surface area contributed by atoms with Crippen molar-refractivity contribution in [3.63, 3.8) is 0 Å². The molecule has 0 aliphatic rings. The average Bonchev–Trinajstić information content (AvgIpc) is 3.39. The Bertz CT molecular complexity index is 1510. The predicted molar refractivity (Wildman–Crippen MR) is 125 cm³/mol. The van der Waals surface area contributed by atoms with E-state index in [1.807, 2.05) is 0 Å². The van der Waals surface area contributed by atoms with E-state index in [-0.39, 0.29) is 34.7 Å². The number of phenolic OH excluding ortho intramolecular Hbond substituents is 1. The molecule has 10 heteroatoms. The molecule has 7 nitrogen and oxygen atoms in total. The fourth-order valence-electron chi connectivity index (χ4n) is 3.52. The molecule has 0 unspecified atom stereocenters. The Hall–Kier alpha value is -3.39. The van der Waals surface area contributed by atoms with Gasteiger partial charge in [-0.25, -0.2) is 0 Å². The van der Waals surface area contributed by atoms with Crippen LogP contribution in [0.3, 0.4) is 0 Å². The zero-order chi connectivity index (χ0) is 23.1. The van der Waals surface area contributed by atoms with Crippen molar-refractivity contribution in [2.24, 2.45) is 0 Å². The maximum atomic E-state index is 13.4. The number of hydrogen-bond donors (Lipinski definition) is 1. The van der Waals surface area contributed by atoms with Gasteiger partial charge < -0.3 is 14.2 Å². The van der Waals surface area contributed by atoms with Gasteiger partial charge in [-0.15, -0.1) is 0 Å². The van der Waals surface area contributed by atoms with Crippen LogP contribution in [0.1, 0.15) is 21.7 Å². The van der Waals surface area contributed by atoms with Crippen molar-refractivity contribution >= 4 is 51.5 Å². The molecule has 0 saturated carbocycles. The summed E-state index contributed by atoms with van der Waals surface area (Å²) in [5.41, 5.74) is 1.96. The third-order valence-electron chi connectivity index (χ3n) is 5.07. The summed E-state index contributed by atoms with van der Waals surface area (Å²) in [6.07, 6.45) is 1.58. The number of pyridine rings is 1. The minimum atomic E-state index is -0.553. The monoisotopic (exact) mass is 498 g/mol. The number of phenols is 1. The van der Waals surface area contributed by atoms with Crippen molar-refractivity contribution in [1.29, 1.82) is 0 Å². The van der Waals surface area contributed by atoms with Gasteiger partial charge in [0, 0.05) is 21.6 Å². The van der Waals surface area contributed by atoms with E-state index >= 15 is 0 Å². The van der Waals surface area contributed by atoms with Gasteiger partial charge in [0.2, 0.25) is 11.6 Å². The van der Waals surface area contributed by atoms with Gasteiger partial charge in [0.1, 0.15) is 16.6 Å². The number of nitrogens with zero attached hydrogens (tertiary/aromatic N) is 4. The van der Waals surface area contributed by atoms with Crippen LogP contribution in [0, 0.1) is 0 Å². The second-order valence-corrected chi connectivity index (χ2v) is 8.36. The van der Waals surface area contributed by atoms with Crippen molar-refractivity contribution < 1.29 is 14.4 Å². The quantitative estimate of drug-likeness (QED) is 0.297. The van der Waals surface area contributed by atoms with Crippen LogP contribution in [0.25, 0.3) is 22.5 Å². The molecule has 3 heterocycles. The van der Waals surface area contributed by atoms with Crippen LogP contribution < -0.4 is 0 Å². The number of ketones is 1. The van der Waals surface area contributed by atoms with E-state index in [0.29, 0.717) is 26.6 Å². The third-order valence-corrected chi connectivity index (χ3v) is 6.05. The minimum Gasteiger partial charge on any atom is -0.508 e. The average molecular weight is 500 g/mol. The molecule has 2 aromatic carbocycles. The van der Waals surface area contributed by atoms with Crippen LogP contribution in [0.15, 0.2) is 65.3 Å². The highest BCUT2D eigenvalue weighted by Crippen LogP contribution is 2.35. The molecule has 1 N–H and O–H groups in total. The maximum absolute atomic E-state index is 13.4. The fraction of sp³-hybridized carbons (Fsp3) is 0.0435. The predicted octanol–water partition coefficient (Wildman–Crippen LogP) is 6.03.